The van der Waals surface area contributed by atoms with Crippen molar-refractivity contribution in [3.05, 3.63) is 78.6 Å². The molecule has 5 nitrogen and oxygen atoms in total. The smallest absolute Gasteiger partial charge is 0.265 e. The summed E-state index contributed by atoms with van der Waals surface area (Å²) in [6.45, 7) is 1.88. The van der Waals surface area contributed by atoms with Crippen LogP contribution >= 0.6 is 0 Å². The number of nitrogens with one attached hydrogen (secondary N) is 1. The Morgan fingerprint density at radius 1 is 1.10 bits per heavy atom. The van der Waals surface area contributed by atoms with E-state index in [1.807, 2.05) is 37.3 Å². The molecule has 1 aromatic heterocycles. The van der Waals surface area contributed by atoms with Crippen LogP contribution in [0.3, 0.4) is 0 Å². The lowest BCUT2D eigenvalue weighted by atomic mass is 10.2. The first-order valence-electron chi connectivity index (χ1n) is 9.32. The molecule has 0 radical (unpaired) electrons. The normalized spacial score (nSPS) is 11.9. The molecule has 0 saturated carbocycles. The minimum Gasteiger partial charge on any atom is -0.481 e. The summed E-state index contributed by atoms with van der Waals surface area (Å²) in [7, 11) is 0. The van der Waals surface area contributed by atoms with Crippen molar-refractivity contribution in [2.75, 3.05) is 5.32 Å². The van der Waals surface area contributed by atoms with Crippen molar-refractivity contribution in [1.82, 2.24) is 4.98 Å². The van der Waals surface area contributed by atoms with Gasteiger partial charge >= 0.3 is 0 Å². The van der Waals surface area contributed by atoms with Gasteiger partial charge in [-0.3, -0.25) is 4.79 Å². The van der Waals surface area contributed by atoms with Crippen LogP contribution in [0.15, 0.2) is 77.2 Å². The molecule has 0 spiro atoms. The predicted molar refractivity (Wildman–Crippen MR) is 109 cm³/mol. The van der Waals surface area contributed by atoms with Crippen molar-refractivity contribution >= 4 is 22.7 Å². The lowest BCUT2D eigenvalue weighted by molar-refractivity contribution is -0.122. The van der Waals surface area contributed by atoms with Gasteiger partial charge in [0, 0.05) is 5.69 Å². The molecule has 1 atom stereocenters. The summed E-state index contributed by atoms with van der Waals surface area (Å²) in [5.41, 5.74) is 1.88. The highest BCUT2D eigenvalue weighted by atomic mass is 19.1. The van der Waals surface area contributed by atoms with Crippen molar-refractivity contribution in [2.45, 2.75) is 19.4 Å². The van der Waals surface area contributed by atoms with Crippen LogP contribution in [-0.2, 0) is 4.79 Å². The summed E-state index contributed by atoms with van der Waals surface area (Å²) in [5.74, 6) is 0.168. The van der Waals surface area contributed by atoms with Crippen LogP contribution in [0.4, 0.5) is 10.1 Å². The minimum absolute atomic E-state index is 0.195. The van der Waals surface area contributed by atoms with Gasteiger partial charge in [-0.2, -0.15) is 0 Å². The number of aromatic nitrogens is 1. The summed E-state index contributed by atoms with van der Waals surface area (Å²) >= 11 is 0. The zero-order chi connectivity index (χ0) is 20.2. The maximum absolute atomic E-state index is 14.0. The molecule has 0 bridgehead atoms. The van der Waals surface area contributed by atoms with Crippen molar-refractivity contribution in [2.24, 2.45) is 0 Å². The Morgan fingerprint density at radius 3 is 2.62 bits per heavy atom. The molecule has 1 amide bonds. The molecular formula is C23H19FN2O3. The van der Waals surface area contributed by atoms with Crippen LogP contribution in [0.2, 0.25) is 0 Å². The fourth-order valence-corrected chi connectivity index (χ4v) is 2.96. The van der Waals surface area contributed by atoms with E-state index in [9.17, 15) is 9.18 Å². The molecule has 6 heteroatoms. The average molecular weight is 390 g/mol. The second-order valence-corrected chi connectivity index (χ2v) is 6.50. The van der Waals surface area contributed by atoms with Gasteiger partial charge in [0.25, 0.3) is 5.91 Å². The average Bonchev–Trinajstić information content (AvgIpc) is 3.16. The van der Waals surface area contributed by atoms with Gasteiger partial charge in [-0.15, -0.1) is 0 Å². The number of hydrogen-bond acceptors (Lipinski definition) is 4. The van der Waals surface area contributed by atoms with Crippen LogP contribution in [0.1, 0.15) is 13.3 Å². The maximum Gasteiger partial charge on any atom is 0.265 e. The lowest BCUT2D eigenvalue weighted by Crippen LogP contribution is -2.32. The Hall–Kier alpha value is -3.67. The number of carbonyl (C=O) groups excluding carboxylic acids is 1. The standard InChI is InChI=1S/C23H19FN2O3/c1-2-20(28-16-8-4-3-5-9-16)22(27)25-15-12-13-21-19(14-15)26-23(29-21)17-10-6-7-11-18(17)24/h3-14,20H,2H2,1H3,(H,25,27). The fraction of sp³-hybridized carbons (Fsp3) is 0.130. The molecular weight excluding hydrogens is 371 g/mol. The van der Waals surface area contributed by atoms with Gasteiger partial charge in [0.1, 0.15) is 17.1 Å². The van der Waals surface area contributed by atoms with Gasteiger partial charge in [0.05, 0.1) is 5.56 Å². The monoisotopic (exact) mass is 390 g/mol. The minimum atomic E-state index is -0.626. The first kappa shape index (κ1) is 18.7. The molecule has 0 aliphatic rings. The molecule has 29 heavy (non-hydrogen) atoms. The van der Waals surface area contributed by atoms with Gasteiger partial charge in [0.15, 0.2) is 11.7 Å². The second-order valence-electron chi connectivity index (χ2n) is 6.50. The number of oxazole rings is 1. The zero-order valence-corrected chi connectivity index (χ0v) is 15.8. The van der Waals surface area contributed by atoms with Crippen molar-refractivity contribution in [1.29, 1.82) is 0 Å². The predicted octanol–water partition coefficient (Wildman–Crippen LogP) is 5.43. The molecule has 1 unspecified atom stereocenters. The van der Waals surface area contributed by atoms with Gasteiger partial charge < -0.3 is 14.5 Å². The number of benzene rings is 3. The van der Waals surface area contributed by atoms with Crippen LogP contribution in [0, 0.1) is 5.82 Å². The topological polar surface area (TPSA) is 64.4 Å². The molecule has 0 aliphatic carbocycles. The summed E-state index contributed by atoms with van der Waals surface area (Å²) in [6, 6.07) is 20.6. The molecule has 3 aromatic carbocycles. The molecule has 0 aliphatic heterocycles. The highest BCUT2D eigenvalue weighted by Gasteiger charge is 2.19. The van der Waals surface area contributed by atoms with Crippen LogP contribution in [0.25, 0.3) is 22.6 Å². The zero-order valence-electron chi connectivity index (χ0n) is 15.8. The molecule has 0 saturated heterocycles. The molecule has 1 N–H and O–H groups in total. The number of carbonyl (C=O) groups is 1. The Morgan fingerprint density at radius 2 is 1.86 bits per heavy atom. The van der Waals surface area contributed by atoms with E-state index in [0.29, 0.717) is 29.0 Å². The number of amides is 1. The van der Waals surface area contributed by atoms with Gasteiger partial charge in [-0.1, -0.05) is 37.3 Å². The van der Waals surface area contributed by atoms with Crippen LogP contribution in [-0.4, -0.2) is 17.0 Å². The molecule has 1 heterocycles. The van der Waals surface area contributed by atoms with E-state index >= 15 is 0 Å². The number of ether oxygens (including phenoxy) is 1. The third-order valence-electron chi connectivity index (χ3n) is 4.44. The van der Waals surface area contributed by atoms with E-state index in [1.165, 1.54) is 6.07 Å². The van der Waals surface area contributed by atoms with Crippen molar-refractivity contribution < 1.29 is 18.3 Å². The Kier molecular flexibility index (Phi) is 5.24. The largest absolute Gasteiger partial charge is 0.481 e. The van der Waals surface area contributed by atoms with E-state index in [1.54, 1.807) is 36.4 Å². The first-order valence-corrected chi connectivity index (χ1v) is 9.32. The van der Waals surface area contributed by atoms with Crippen molar-refractivity contribution in [3.63, 3.8) is 0 Å². The van der Waals surface area contributed by atoms with E-state index in [2.05, 4.69) is 10.3 Å². The van der Waals surface area contributed by atoms with Crippen molar-refractivity contribution in [3.8, 4) is 17.2 Å². The van der Waals surface area contributed by atoms with Gasteiger partial charge in [-0.25, -0.2) is 9.37 Å². The van der Waals surface area contributed by atoms with Gasteiger partial charge in [0.2, 0.25) is 5.89 Å². The quantitative estimate of drug-likeness (QED) is 0.477. The number of hydrogen-bond donors (Lipinski definition) is 1. The number of anilines is 1. The van der Waals surface area contributed by atoms with E-state index < -0.39 is 11.9 Å². The third-order valence-corrected chi connectivity index (χ3v) is 4.44. The Balaban J connectivity index is 1.53. The SMILES string of the molecule is CCC(Oc1ccccc1)C(=O)Nc1ccc2oc(-c3ccccc3F)nc2c1. The molecule has 4 aromatic rings. The molecule has 146 valence electrons. The number of rotatable bonds is 6. The number of para-hydroxylation sites is 1. The summed E-state index contributed by atoms with van der Waals surface area (Å²) < 4.78 is 25.4. The summed E-state index contributed by atoms with van der Waals surface area (Å²) in [4.78, 5) is 17.0. The van der Waals surface area contributed by atoms with E-state index in [0.717, 1.165) is 0 Å². The number of fused-ring (bicyclic) bond motifs is 1. The Labute approximate surface area is 167 Å². The second kappa shape index (κ2) is 8.14. The lowest BCUT2D eigenvalue weighted by Gasteiger charge is -2.17. The molecule has 4 rings (SSSR count). The van der Waals surface area contributed by atoms with Crippen LogP contribution < -0.4 is 10.1 Å². The summed E-state index contributed by atoms with van der Waals surface area (Å²) in [5, 5.41) is 2.85. The van der Waals surface area contributed by atoms with Gasteiger partial charge in [-0.05, 0) is 48.9 Å². The highest BCUT2D eigenvalue weighted by molar-refractivity contribution is 5.96. The number of nitrogens with zero attached hydrogens (tertiary/aromatic N) is 1. The highest BCUT2D eigenvalue weighted by Crippen LogP contribution is 2.28. The fourth-order valence-electron chi connectivity index (χ4n) is 2.96. The maximum atomic E-state index is 14.0. The van der Waals surface area contributed by atoms with Crippen LogP contribution in [0.5, 0.6) is 5.75 Å². The first-order chi connectivity index (χ1) is 14.1. The Bertz CT molecular complexity index is 1140. The third kappa shape index (κ3) is 4.11. The number of halogens is 1. The van der Waals surface area contributed by atoms with E-state index in [-0.39, 0.29) is 17.4 Å². The summed E-state index contributed by atoms with van der Waals surface area (Å²) in [6.07, 6.45) is -0.107. The van der Waals surface area contributed by atoms with E-state index in [4.69, 9.17) is 9.15 Å². The molecule has 0 fully saturated rings.